The van der Waals surface area contributed by atoms with Gasteiger partial charge in [0.1, 0.15) is 0 Å². The molecule has 0 aromatic carbocycles. The monoisotopic (exact) mass is 241 g/mol. The second-order valence-electron chi connectivity index (χ2n) is 4.86. The van der Waals surface area contributed by atoms with Crippen LogP contribution < -0.4 is 5.43 Å². The molecule has 0 saturated carbocycles. The summed E-state index contributed by atoms with van der Waals surface area (Å²) in [5.41, 5.74) is 2.73. The van der Waals surface area contributed by atoms with Crippen molar-refractivity contribution in [2.24, 2.45) is 0 Å². The van der Waals surface area contributed by atoms with Crippen LogP contribution in [0.4, 0.5) is 4.79 Å². The number of piperidine rings is 1. The van der Waals surface area contributed by atoms with Crippen LogP contribution in [0.5, 0.6) is 0 Å². The molecule has 0 atom stereocenters. The molecule has 2 amide bonds. The van der Waals surface area contributed by atoms with Crippen LogP contribution in [0.15, 0.2) is 0 Å². The molecule has 6 nitrogen and oxygen atoms in total. The SMILES string of the molecule is CCCN1NC(=O)CC12CCN(C(=O)O)CC2. The van der Waals surface area contributed by atoms with E-state index in [0.29, 0.717) is 19.5 Å². The van der Waals surface area contributed by atoms with Crippen molar-refractivity contribution in [1.29, 1.82) is 0 Å². The zero-order valence-corrected chi connectivity index (χ0v) is 10.1. The van der Waals surface area contributed by atoms with Gasteiger partial charge in [0.25, 0.3) is 0 Å². The lowest BCUT2D eigenvalue weighted by molar-refractivity contribution is -0.121. The Morgan fingerprint density at radius 1 is 1.47 bits per heavy atom. The molecular formula is C11H19N3O3. The van der Waals surface area contributed by atoms with Crippen molar-refractivity contribution in [3.8, 4) is 0 Å². The number of hydrazine groups is 1. The van der Waals surface area contributed by atoms with Gasteiger partial charge in [0, 0.05) is 26.1 Å². The largest absolute Gasteiger partial charge is 0.465 e. The second-order valence-corrected chi connectivity index (χ2v) is 4.86. The van der Waals surface area contributed by atoms with E-state index in [1.165, 1.54) is 4.90 Å². The fourth-order valence-electron chi connectivity index (χ4n) is 2.78. The Labute approximate surface area is 101 Å². The molecule has 2 aliphatic rings. The van der Waals surface area contributed by atoms with E-state index in [4.69, 9.17) is 5.11 Å². The quantitative estimate of drug-likeness (QED) is 0.744. The van der Waals surface area contributed by atoms with Crippen molar-refractivity contribution in [2.45, 2.75) is 38.1 Å². The van der Waals surface area contributed by atoms with Crippen molar-refractivity contribution in [3.63, 3.8) is 0 Å². The van der Waals surface area contributed by atoms with Crippen LogP contribution in [-0.2, 0) is 4.79 Å². The first-order chi connectivity index (χ1) is 8.07. The predicted octanol–water partition coefficient (Wildman–Crippen LogP) is 0.646. The van der Waals surface area contributed by atoms with Gasteiger partial charge in [-0.1, -0.05) is 6.92 Å². The number of hydrogen-bond acceptors (Lipinski definition) is 3. The summed E-state index contributed by atoms with van der Waals surface area (Å²) in [6, 6.07) is 0. The maximum absolute atomic E-state index is 11.5. The van der Waals surface area contributed by atoms with E-state index in [-0.39, 0.29) is 11.4 Å². The minimum Gasteiger partial charge on any atom is -0.465 e. The Kier molecular flexibility index (Phi) is 3.24. The molecule has 2 fully saturated rings. The fraction of sp³-hybridized carbons (Fsp3) is 0.818. The molecule has 2 N–H and O–H groups in total. The summed E-state index contributed by atoms with van der Waals surface area (Å²) in [4.78, 5) is 23.8. The van der Waals surface area contributed by atoms with Crippen LogP contribution in [-0.4, -0.2) is 52.2 Å². The third kappa shape index (κ3) is 2.22. The van der Waals surface area contributed by atoms with Crippen LogP contribution >= 0.6 is 0 Å². The lowest BCUT2D eigenvalue weighted by Gasteiger charge is -2.42. The molecule has 6 heteroatoms. The maximum Gasteiger partial charge on any atom is 0.407 e. The summed E-state index contributed by atoms with van der Waals surface area (Å²) < 4.78 is 0. The Morgan fingerprint density at radius 3 is 2.65 bits per heavy atom. The molecule has 0 bridgehead atoms. The molecule has 1 spiro atoms. The van der Waals surface area contributed by atoms with Crippen molar-refractivity contribution in [3.05, 3.63) is 0 Å². The van der Waals surface area contributed by atoms with Gasteiger partial charge in [0.15, 0.2) is 0 Å². The summed E-state index contributed by atoms with van der Waals surface area (Å²) in [7, 11) is 0. The fourth-order valence-corrected chi connectivity index (χ4v) is 2.78. The van der Waals surface area contributed by atoms with Gasteiger partial charge in [-0.2, -0.15) is 0 Å². The molecule has 0 radical (unpaired) electrons. The highest BCUT2D eigenvalue weighted by Gasteiger charge is 2.47. The molecule has 0 aromatic heterocycles. The van der Waals surface area contributed by atoms with E-state index in [9.17, 15) is 9.59 Å². The van der Waals surface area contributed by atoms with Crippen LogP contribution in [0.3, 0.4) is 0 Å². The number of carbonyl (C=O) groups excluding carboxylic acids is 1. The van der Waals surface area contributed by atoms with E-state index in [1.807, 2.05) is 5.01 Å². The van der Waals surface area contributed by atoms with Gasteiger partial charge in [0.2, 0.25) is 5.91 Å². The van der Waals surface area contributed by atoms with Gasteiger partial charge < -0.3 is 10.0 Å². The summed E-state index contributed by atoms with van der Waals surface area (Å²) in [5, 5.41) is 10.9. The van der Waals surface area contributed by atoms with Crippen LogP contribution in [0, 0.1) is 0 Å². The Bertz CT molecular complexity index is 324. The predicted molar refractivity (Wildman–Crippen MR) is 61.3 cm³/mol. The average molecular weight is 241 g/mol. The number of carboxylic acid groups (broad SMARTS) is 1. The van der Waals surface area contributed by atoms with Crippen LogP contribution in [0.2, 0.25) is 0 Å². The molecular weight excluding hydrogens is 222 g/mol. The minimum absolute atomic E-state index is 0.0576. The van der Waals surface area contributed by atoms with E-state index in [2.05, 4.69) is 12.3 Å². The molecule has 0 unspecified atom stereocenters. The standard InChI is InChI=1S/C11H19N3O3/c1-2-5-14-11(8-9(15)12-14)3-6-13(7-4-11)10(16)17/h2-8H2,1H3,(H,12,15)(H,16,17). The molecule has 17 heavy (non-hydrogen) atoms. The van der Waals surface area contributed by atoms with Gasteiger partial charge in [-0.25, -0.2) is 9.80 Å². The molecule has 96 valence electrons. The molecule has 2 saturated heterocycles. The van der Waals surface area contributed by atoms with E-state index < -0.39 is 6.09 Å². The highest BCUT2D eigenvalue weighted by molar-refractivity contribution is 5.79. The van der Waals surface area contributed by atoms with E-state index in [0.717, 1.165) is 25.8 Å². The van der Waals surface area contributed by atoms with Crippen molar-refractivity contribution in [1.82, 2.24) is 15.3 Å². The zero-order valence-electron chi connectivity index (χ0n) is 10.1. The number of nitrogens with one attached hydrogen (secondary N) is 1. The van der Waals surface area contributed by atoms with Gasteiger partial charge in [-0.05, 0) is 19.3 Å². The number of amides is 2. The van der Waals surface area contributed by atoms with Gasteiger partial charge in [0.05, 0.1) is 5.54 Å². The number of hydrogen-bond donors (Lipinski definition) is 2. The highest BCUT2D eigenvalue weighted by atomic mass is 16.4. The number of rotatable bonds is 2. The van der Waals surface area contributed by atoms with Crippen molar-refractivity contribution in [2.75, 3.05) is 19.6 Å². The summed E-state index contributed by atoms with van der Waals surface area (Å²) in [6.45, 7) is 3.94. The molecule has 0 aliphatic carbocycles. The Morgan fingerprint density at radius 2 is 2.12 bits per heavy atom. The third-order valence-electron chi connectivity index (χ3n) is 3.73. The lowest BCUT2D eigenvalue weighted by Crippen LogP contribution is -2.55. The van der Waals surface area contributed by atoms with Crippen molar-refractivity contribution < 1.29 is 14.7 Å². The van der Waals surface area contributed by atoms with Gasteiger partial charge >= 0.3 is 6.09 Å². The first-order valence-electron chi connectivity index (χ1n) is 6.12. The van der Waals surface area contributed by atoms with Crippen LogP contribution in [0.25, 0.3) is 0 Å². The maximum atomic E-state index is 11.5. The number of likely N-dealkylation sites (tertiary alicyclic amines) is 1. The highest BCUT2D eigenvalue weighted by Crippen LogP contribution is 2.34. The Balaban J connectivity index is 2.04. The zero-order chi connectivity index (χ0) is 12.5. The minimum atomic E-state index is -0.862. The number of carbonyl (C=O) groups is 2. The summed E-state index contributed by atoms with van der Waals surface area (Å²) in [6.07, 6.45) is 2.08. The molecule has 0 aromatic rings. The molecule has 2 aliphatic heterocycles. The smallest absolute Gasteiger partial charge is 0.407 e. The lowest BCUT2D eigenvalue weighted by atomic mass is 9.85. The number of nitrogens with zero attached hydrogens (tertiary/aromatic N) is 2. The first kappa shape index (κ1) is 12.2. The van der Waals surface area contributed by atoms with Crippen molar-refractivity contribution >= 4 is 12.0 Å². The normalized spacial score (nSPS) is 24.1. The van der Waals surface area contributed by atoms with E-state index >= 15 is 0 Å². The topological polar surface area (TPSA) is 72.9 Å². The summed E-state index contributed by atoms with van der Waals surface area (Å²) >= 11 is 0. The second kappa shape index (κ2) is 4.52. The van der Waals surface area contributed by atoms with Gasteiger partial charge in [-0.15, -0.1) is 0 Å². The van der Waals surface area contributed by atoms with Crippen LogP contribution in [0.1, 0.15) is 32.6 Å². The summed E-state index contributed by atoms with van der Waals surface area (Å²) in [5.74, 6) is 0.0576. The van der Waals surface area contributed by atoms with Gasteiger partial charge in [-0.3, -0.25) is 10.2 Å². The average Bonchev–Trinajstić information content (AvgIpc) is 2.56. The third-order valence-corrected chi connectivity index (χ3v) is 3.73. The Hall–Kier alpha value is -1.30. The molecule has 2 heterocycles. The van der Waals surface area contributed by atoms with E-state index in [1.54, 1.807) is 0 Å². The molecule has 2 rings (SSSR count). The first-order valence-corrected chi connectivity index (χ1v) is 6.12.